The van der Waals surface area contributed by atoms with Crippen molar-refractivity contribution in [3.05, 3.63) is 58.3 Å². The number of rotatable bonds is 8. The van der Waals surface area contributed by atoms with Gasteiger partial charge in [-0.05, 0) is 30.9 Å². The van der Waals surface area contributed by atoms with Crippen molar-refractivity contribution in [1.82, 2.24) is 4.98 Å². The van der Waals surface area contributed by atoms with E-state index in [-0.39, 0.29) is 11.6 Å². The number of nitrogens with zero attached hydrogens (tertiary/aromatic N) is 2. The molecule has 1 N–H and O–H groups in total. The summed E-state index contributed by atoms with van der Waals surface area (Å²) in [5.41, 5.74) is 0.796. The number of pyridine rings is 1. The molecule has 0 aliphatic heterocycles. The molecule has 154 valence electrons. The lowest BCUT2D eigenvalue weighted by Crippen LogP contribution is -2.42. The molecule has 7 nitrogen and oxygen atoms in total. The van der Waals surface area contributed by atoms with Gasteiger partial charge in [0, 0.05) is 18.2 Å². The number of carbonyl (C=O) groups excluding carboxylic acids is 1. The van der Waals surface area contributed by atoms with Crippen LogP contribution in [-0.2, 0) is 10.2 Å². The number of nitro benzene ring substituents is 1. The van der Waals surface area contributed by atoms with Crippen LogP contribution in [-0.4, -0.2) is 22.4 Å². The Morgan fingerprint density at radius 2 is 1.90 bits per heavy atom. The van der Waals surface area contributed by atoms with Crippen molar-refractivity contribution >= 4 is 17.3 Å². The topological polar surface area (TPSA) is 94.4 Å². The minimum atomic E-state index is -0.677. The number of nitrogens with one attached hydrogen (secondary N) is 1. The van der Waals surface area contributed by atoms with E-state index in [4.69, 9.17) is 4.74 Å². The number of unbranched alkanes of at least 4 members (excludes halogenated alkanes) is 1. The number of aromatic nitrogens is 1. The summed E-state index contributed by atoms with van der Waals surface area (Å²) < 4.78 is 5.56. The van der Waals surface area contributed by atoms with E-state index in [0.29, 0.717) is 18.2 Å². The smallest absolute Gasteiger partial charge is 0.269 e. The zero-order valence-corrected chi connectivity index (χ0v) is 16.7. The molecule has 3 rings (SSSR count). The zero-order chi connectivity index (χ0) is 20.7. The first-order valence-electron chi connectivity index (χ1n) is 10.2. The maximum Gasteiger partial charge on any atom is 0.269 e. The molecule has 1 amide bonds. The van der Waals surface area contributed by atoms with Crippen molar-refractivity contribution in [2.24, 2.45) is 0 Å². The van der Waals surface area contributed by atoms with E-state index in [2.05, 4.69) is 17.2 Å². The molecule has 0 spiro atoms. The van der Waals surface area contributed by atoms with Crippen LogP contribution in [0.2, 0.25) is 0 Å². The van der Waals surface area contributed by atoms with E-state index in [1.807, 2.05) is 0 Å². The van der Waals surface area contributed by atoms with E-state index in [1.54, 1.807) is 30.5 Å². The maximum absolute atomic E-state index is 13.3. The highest BCUT2D eigenvalue weighted by Gasteiger charge is 2.41. The summed E-state index contributed by atoms with van der Waals surface area (Å²) in [7, 11) is 0. The summed E-state index contributed by atoms with van der Waals surface area (Å²) in [6.45, 7) is 2.72. The molecule has 0 unspecified atom stereocenters. The molecule has 1 fully saturated rings. The third-order valence-electron chi connectivity index (χ3n) is 5.51. The molecule has 2 aromatic rings. The molecular formula is C22H27N3O4. The highest BCUT2D eigenvalue weighted by molar-refractivity contribution is 5.99. The van der Waals surface area contributed by atoms with Crippen LogP contribution in [0.15, 0.2) is 42.6 Å². The molecule has 0 saturated heterocycles. The number of nitro groups is 1. The first kappa shape index (κ1) is 20.8. The van der Waals surface area contributed by atoms with Crippen molar-refractivity contribution in [2.75, 3.05) is 11.9 Å². The number of non-ortho nitro benzene ring substituents is 1. The van der Waals surface area contributed by atoms with Crippen LogP contribution < -0.4 is 10.1 Å². The van der Waals surface area contributed by atoms with Gasteiger partial charge in [-0.1, -0.05) is 44.7 Å². The molecular weight excluding hydrogens is 370 g/mol. The Hall–Kier alpha value is -2.96. The molecule has 1 aliphatic rings. The van der Waals surface area contributed by atoms with Crippen molar-refractivity contribution in [3.8, 4) is 5.88 Å². The van der Waals surface area contributed by atoms with Gasteiger partial charge in [-0.15, -0.1) is 0 Å². The van der Waals surface area contributed by atoms with Crippen molar-refractivity contribution in [3.63, 3.8) is 0 Å². The summed E-state index contributed by atoms with van der Waals surface area (Å²) in [6, 6.07) is 9.92. The molecule has 1 aromatic carbocycles. The zero-order valence-electron chi connectivity index (χ0n) is 16.7. The van der Waals surface area contributed by atoms with E-state index in [9.17, 15) is 14.9 Å². The van der Waals surface area contributed by atoms with E-state index < -0.39 is 10.3 Å². The fourth-order valence-corrected chi connectivity index (χ4v) is 3.82. The minimum Gasteiger partial charge on any atom is -0.478 e. The van der Waals surface area contributed by atoms with Crippen molar-refractivity contribution in [1.29, 1.82) is 0 Å². The highest BCUT2D eigenvalue weighted by Crippen LogP contribution is 2.41. The van der Waals surface area contributed by atoms with Gasteiger partial charge in [0.05, 0.1) is 28.8 Å². The van der Waals surface area contributed by atoms with Crippen LogP contribution in [0.4, 0.5) is 11.4 Å². The van der Waals surface area contributed by atoms with Crippen molar-refractivity contribution in [2.45, 2.75) is 57.3 Å². The second-order valence-corrected chi connectivity index (χ2v) is 7.49. The van der Waals surface area contributed by atoms with Gasteiger partial charge in [0.15, 0.2) is 0 Å². The standard InChI is InChI=1S/C22H27N3O4/c1-2-3-15-29-20-12-9-18(16-23-20)24-21(26)22(13-5-4-6-14-22)17-7-10-19(11-8-17)25(27)28/h7-12,16H,2-6,13-15H2,1H3,(H,24,26). The number of carbonyl (C=O) groups is 1. The molecule has 7 heteroatoms. The number of benzene rings is 1. The average Bonchev–Trinajstić information content (AvgIpc) is 2.75. The molecule has 1 heterocycles. The van der Waals surface area contributed by atoms with E-state index >= 15 is 0 Å². The first-order valence-corrected chi connectivity index (χ1v) is 10.2. The van der Waals surface area contributed by atoms with Gasteiger partial charge in [0.2, 0.25) is 11.8 Å². The number of amides is 1. The largest absolute Gasteiger partial charge is 0.478 e. The fourth-order valence-electron chi connectivity index (χ4n) is 3.82. The summed E-state index contributed by atoms with van der Waals surface area (Å²) in [6.07, 6.45) is 8.07. The minimum absolute atomic E-state index is 0.0305. The van der Waals surface area contributed by atoms with Gasteiger partial charge >= 0.3 is 0 Å². The summed E-state index contributed by atoms with van der Waals surface area (Å²) in [5, 5.41) is 14.0. The van der Waals surface area contributed by atoms with Gasteiger partial charge in [-0.3, -0.25) is 14.9 Å². The number of hydrogen-bond donors (Lipinski definition) is 1. The molecule has 0 bridgehead atoms. The van der Waals surface area contributed by atoms with Crippen LogP contribution in [0.5, 0.6) is 5.88 Å². The van der Waals surface area contributed by atoms with Crippen LogP contribution in [0.25, 0.3) is 0 Å². The predicted octanol–water partition coefficient (Wildman–Crippen LogP) is 5.01. The predicted molar refractivity (Wildman–Crippen MR) is 111 cm³/mol. The van der Waals surface area contributed by atoms with Gasteiger partial charge in [-0.2, -0.15) is 0 Å². The van der Waals surface area contributed by atoms with Crippen LogP contribution >= 0.6 is 0 Å². The third-order valence-corrected chi connectivity index (χ3v) is 5.51. The second kappa shape index (κ2) is 9.49. The highest BCUT2D eigenvalue weighted by atomic mass is 16.6. The molecule has 1 aliphatic carbocycles. The first-order chi connectivity index (χ1) is 14.0. The van der Waals surface area contributed by atoms with Crippen LogP contribution in [0.1, 0.15) is 57.4 Å². The molecule has 1 aromatic heterocycles. The second-order valence-electron chi connectivity index (χ2n) is 7.49. The van der Waals surface area contributed by atoms with Gasteiger partial charge in [0.1, 0.15) is 0 Å². The SMILES string of the molecule is CCCCOc1ccc(NC(=O)C2(c3ccc([N+](=O)[O-])cc3)CCCCC2)cn1. The lowest BCUT2D eigenvalue weighted by Gasteiger charge is -2.36. The lowest BCUT2D eigenvalue weighted by molar-refractivity contribution is -0.384. The number of ether oxygens (including phenoxy) is 1. The number of hydrogen-bond acceptors (Lipinski definition) is 5. The normalized spacial score (nSPS) is 15.5. The van der Waals surface area contributed by atoms with Gasteiger partial charge in [0.25, 0.3) is 5.69 Å². The Kier molecular flexibility index (Phi) is 6.80. The van der Waals surface area contributed by atoms with Crippen molar-refractivity contribution < 1.29 is 14.5 Å². The van der Waals surface area contributed by atoms with E-state index in [1.165, 1.54) is 12.1 Å². The Labute approximate surface area is 170 Å². The molecule has 0 radical (unpaired) electrons. The van der Waals surface area contributed by atoms with Gasteiger partial charge in [-0.25, -0.2) is 4.98 Å². The maximum atomic E-state index is 13.3. The Bertz CT molecular complexity index is 828. The molecule has 0 atom stereocenters. The summed E-state index contributed by atoms with van der Waals surface area (Å²) in [5.74, 6) is 0.451. The van der Waals surface area contributed by atoms with Crippen LogP contribution in [0, 0.1) is 10.1 Å². The summed E-state index contributed by atoms with van der Waals surface area (Å²) in [4.78, 5) is 28.1. The molecule has 1 saturated carbocycles. The average molecular weight is 397 g/mol. The monoisotopic (exact) mass is 397 g/mol. The molecule has 29 heavy (non-hydrogen) atoms. The Morgan fingerprint density at radius 1 is 1.17 bits per heavy atom. The Morgan fingerprint density at radius 3 is 2.48 bits per heavy atom. The summed E-state index contributed by atoms with van der Waals surface area (Å²) >= 11 is 0. The van der Waals surface area contributed by atoms with E-state index in [0.717, 1.165) is 50.5 Å². The van der Waals surface area contributed by atoms with Crippen LogP contribution in [0.3, 0.4) is 0 Å². The quantitative estimate of drug-likeness (QED) is 0.384. The Balaban J connectivity index is 1.76. The third kappa shape index (κ3) is 4.91. The lowest BCUT2D eigenvalue weighted by atomic mass is 9.68. The van der Waals surface area contributed by atoms with Gasteiger partial charge < -0.3 is 10.1 Å². The fraction of sp³-hybridized carbons (Fsp3) is 0.455. The number of anilines is 1.